The third kappa shape index (κ3) is 8.21. The highest BCUT2D eigenvalue weighted by atomic mass is 32.2. The molecule has 3 N–H and O–H groups in total. The van der Waals surface area contributed by atoms with E-state index in [1.807, 2.05) is 0 Å². The van der Waals surface area contributed by atoms with E-state index < -0.39 is 10.0 Å². The zero-order valence-electron chi connectivity index (χ0n) is 8.63. The zero-order valence-corrected chi connectivity index (χ0v) is 9.45. The maximum atomic E-state index is 10.6. The lowest BCUT2D eigenvalue weighted by molar-refractivity contribution is 0.332. The molecule has 5 heteroatoms. The van der Waals surface area contributed by atoms with Gasteiger partial charge < -0.3 is 5.32 Å². The summed E-state index contributed by atoms with van der Waals surface area (Å²) in [6.45, 7) is 7.64. The first kappa shape index (κ1) is 12.9. The summed E-state index contributed by atoms with van der Waals surface area (Å²) in [5.41, 5.74) is 0.221. The summed E-state index contributed by atoms with van der Waals surface area (Å²) < 4.78 is 21.1. The van der Waals surface area contributed by atoms with Gasteiger partial charge in [-0.2, -0.15) is 0 Å². The van der Waals surface area contributed by atoms with Gasteiger partial charge in [0.1, 0.15) is 0 Å². The van der Waals surface area contributed by atoms with Crippen molar-refractivity contribution >= 4 is 10.0 Å². The van der Waals surface area contributed by atoms with E-state index in [0.29, 0.717) is 6.54 Å². The molecule has 0 bridgehead atoms. The van der Waals surface area contributed by atoms with Gasteiger partial charge in [0.15, 0.2) is 0 Å². The second-order valence-electron chi connectivity index (χ2n) is 4.06. The highest BCUT2D eigenvalue weighted by Gasteiger charge is 2.14. The average molecular weight is 208 g/mol. The molecule has 0 radical (unpaired) electrons. The van der Waals surface area contributed by atoms with Crippen LogP contribution in [-0.2, 0) is 10.0 Å². The van der Waals surface area contributed by atoms with E-state index in [1.165, 1.54) is 0 Å². The molecule has 13 heavy (non-hydrogen) atoms. The van der Waals surface area contributed by atoms with Crippen LogP contribution in [0.15, 0.2) is 0 Å². The SMILES string of the molecule is CCC(C)(C)CNCCS(N)(=O)=O. The van der Waals surface area contributed by atoms with Gasteiger partial charge in [-0.3, -0.25) is 0 Å². The minimum atomic E-state index is -3.31. The lowest BCUT2D eigenvalue weighted by atomic mass is 9.90. The first-order chi connectivity index (χ1) is 5.77. The highest BCUT2D eigenvalue weighted by Crippen LogP contribution is 2.17. The van der Waals surface area contributed by atoms with E-state index in [1.54, 1.807) is 0 Å². The van der Waals surface area contributed by atoms with Crippen LogP contribution < -0.4 is 10.5 Å². The van der Waals surface area contributed by atoms with Gasteiger partial charge in [-0.05, 0) is 11.8 Å². The number of hydrogen-bond acceptors (Lipinski definition) is 3. The van der Waals surface area contributed by atoms with Gasteiger partial charge >= 0.3 is 0 Å². The molecule has 0 heterocycles. The molecule has 0 aliphatic heterocycles. The summed E-state index contributed by atoms with van der Waals surface area (Å²) in [4.78, 5) is 0. The molecule has 0 fully saturated rings. The number of sulfonamides is 1. The molecule has 0 saturated heterocycles. The molecule has 80 valence electrons. The Labute approximate surface area is 80.9 Å². The Morgan fingerprint density at radius 1 is 1.38 bits per heavy atom. The van der Waals surface area contributed by atoms with Crippen molar-refractivity contribution in [3.05, 3.63) is 0 Å². The van der Waals surface area contributed by atoms with Gasteiger partial charge in [0.25, 0.3) is 0 Å². The van der Waals surface area contributed by atoms with Crippen molar-refractivity contribution in [1.82, 2.24) is 5.32 Å². The molecule has 0 atom stereocenters. The van der Waals surface area contributed by atoms with Crippen LogP contribution in [0.5, 0.6) is 0 Å². The number of hydrogen-bond donors (Lipinski definition) is 2. The summed E-state index contributed by atoms with van der Waals surface area (Å²) in [7, 11) is -3.31. The summed E-state index contributed by atoms with van der Waals surface area (Å²) in [5.74, 6) is 0.00674. The van der Waals surface area contributed by atoms with Crippen molar-refractivity contribution in [1.29, 1.82) is 0 Å². The Hall–Kier alpha value is -0.130. The van der Waals surface area contributed by atoms with Gasteiger partial charge in [-0.15, -0.1) is 0 Å². The Bertz CT molecular complexity index is 235. The average Bonchev–Trinajstić information content (AvgIpc) is 1.97. The Morgan fingerprint density at radius 3 is 2.31 bits per heavy atom. The van der Waals surface area contributed by atoms with Crippen LogP contribution in [-0.4, -0.2) is 27.3 Å². The standard InChI is InChI=1S/C8H20N2O2S/c1-4-8(2,3)7-10-5-6-13(9,11)12/h10H,4-7H2,1-3H3,(H2,9,11,12). The normalized spacial score (nSPS) is 13.2. The van der Waals surface area contributed by atoms with Crippen molar-refractivity contribution in [3.8, 4) is 0 Å². The lowest BCUT2D eigenvalue weighted by Gasteiger charge is -2.22. The smallest absolute Gasteiger partial charge is 0.210 e. The molecule has 0 aliphatic carbocycles. The molecule has 0 spiro atoms. The van der Waals surface area contributed by atoms with Crippen molar-refractivity contribution in [2.24, 2.45) is 10.6 Å². The summed E-state index contributed by atoms with van der Waals surface area (Å²) in [5, 5.41) is 7.92. The molecular weight excluding hydrogens is 188 g/mol. The van der Waals surface area contributed by atoms with Crippen LogP contribution in [0.2, 0.25) is 0 Å². The quantitative estimate of drug-likeness (QED) is 0.617. The Kier molecular flexibility index (Phi) is 4.88. The van der Waals surface area contributed by atoms with Crippen molar-refractivity contribution in [2.45, 2.75) is 27.2 Å². The topological polar surface area (TPSA) is 72.2 Å². The largest absolute Gasteiger partial charge is 0.315 e. The second kappa shape index (κ2) is 4.93. The fourth-order valence-electron chi connectivity index (χ4n) is 0.766. The fourth-order valence-corrected chi connectivity index (χ4v) is 1.20. The minimum Gasteiger partial charge on any atom is -0.315 e. The molecule has 0 aromatic heterocycles. The maximum Gasteiger partial charge on any atom is 0.210 e. The number of nitrogens with two attached hydrogens (primary N) is 1. The first-order valence-electron chi connectivity index (χ1n) is 4.48. The van der Waals surface area contributed by atoms with Crippen LogP contribution >= 0.6 is 0 Å². The van der Waals surface area contributed by atoms with Gasteiger partial charge in [-0.1, -0.05) is 20.8 Å². The summed E-state index contributed by atoms with van der Waals surface area (Å²) in [6, 6.07) is 0. The molecule has 0 unspecified atom stereocenters. The molecule has 0 aliphatic rings. The van der Waals surface area contributed by atoms with E-state index in [-0.39, 0.29) is 11.2 Å². The van der Waals surface area contributed by atoms with Gasteiger partial charge in [0, 0.05) is 13.1 Å². The predicted octanol–water partition coefficient (Wildman–Crippen LogP) is 0.301. The van der Waals surface area contributed by atoms with Crippen molar-refractivity contribution in [3.63, 3.8) is 0 Å². The molecular formula is C8H20N2O2S. The van der Waals surface area contributed by atoms with Gasteiger partial charge in [0.05, 0.1) is 5.75 Å². The van der Waals surface area contributed by atoms with E-state index >= 15 is 0 Å². The van der Waals surface area contributed by atoms with E-state index in [4.69, 9.17) is 5.14 Å². The third-order valence-electron chi connectivity index (χ3n) is 2.12. The van der Waals surface area contributed by atoms with E-state index in [0.717, 1.165) is 13.0 Å². The van der Waals surface area contributed by atoms with Gasteiger partial charge in [-0.25, -0.2) is 13.6 Å². The molecule has 0 saturated carbocycles. The summed E-state index contributed by atoms with van der Waals surface area (Å²) in [6.07, 6.45) is 1.06. The van der Waals surface area contributed by atoms with Crippen LogP contribution in [0.1, 0.15) is 27.2 Å². The monoisotopic (exact) mass is 208 g/mol. The van der Waals surface area contributed by atoms with Crippen molar-refractivity contribution in [2.75, 3.05) is 18.8 Å². The maximum absolute atomic E-state index is 10.6. The molecule has 4 nitrogen and oxygen atoms in total. The predicted molar refractivity (Wildman–Crippen MR) is 54.9 cm³/mol. The fraction of sp³-hybridized carbons (Fsp3) is 1.00. The first-order valence-corrected chi connectivity index (χ1v) is 6.19. The second-order valence-corrected chi connectivity index (χ2v) is 5.80. The number of nitrogens with one attached hydrogen (secondary N) is 1. The zero-order chi connectivity index (χ0) is 10.5. The van der Waals surface area contributed by atoms with Crippen LogP contribution in [0, 0.1) is 5.41 Å². The molecule has 0 aromatic carbocycles. The summed E-state index contributed by atoms with van der Waals surface area (Å²) >= 11 is 0. The van der Waals surface area contributed by atoms with E-state index in [9.17, 15) is 8.42 Å². The van der Waals surface area contributed by atoms with Crippen LogP contribution in [0.4, 0.5) is 0 Å². The minimum absolute atomic E-state index is 0.00674. The van der Waals surface area contributed by atoms with Crippen molar-refractivity contribution < 1.29 is 8.42 Å². The molecule has 0 amide bonds. The van der Waals surface area contributed by atoms with E-state index in [2.05, 4.69) is 26.1 Å². The molecule has 0 aromatic rings. The lowest BCUT2D eigenvalue weighted by Crippen LogP contribution is -2.33. The van der Waals surface area contributed by atoms with Gasteiger partial charge in [0.2, 0.25) is 10.0 Å². The Morgan fingerprint density at radius 2 is 1.92 bits per heavy atom. The Balaban J connectivity index is 3.58. The van der Waals surface area contributed by atoms with Crippen LogP contribution in [0.25, 0.3) is 0 Å². The third-order valence-corrected chi connectivity index (χ3v) is 2.90. The van der Waals surface area contributed by atoms with Crippen LogP contribution in [0.3, 0.4) is 0 Å². The molecule has 0 rings (SSSR count). The number of rotatable bonds is 6. The highest BCUT2D eigenvalue weighted by molar-refractivity contribution is 7.89. The number of primary sulfonamides is 1.